The quantitative estimate of drug-likeness (QED) is 0.811. The molecular formula is C16H24N2O4S. The zero-order valence-corrected chi connectivity index (χ0v) is 14.3. The zero-order chi connectivity index (χ0) is 16.3. The zero-order valence-electron chi connectivity index (χ0n) is 13.5. The van der Waals surface area contributed by atoms with Crippen LogP contribution in [0.1, 0.15) is 24.8 Å². The van der Waals surface area contributed by atoms with E-state index < -0.39 is 10.0 Å². The second kappa shape index (κ2) is 6.84. The van der Waals surface area contributed by atoms with E-state index in [-0.39, 0.29) is 11.5 Å². The van der Waals surface area contributed by atoms with Crippen molar-refractivity contribution in [3.63, 3.8) is 0 Å². The van der Waals surface area contributed by atoms with Gasteiger partial charge in [0.2, 0.25) is 10.0 Å². The molecule has 128 valence electrons. The fourth-order valence-electron chi connectivity index (χ4n) is 3.59. The topological polar surface area (TPSA) is 68.7 Å². The van der Waals surface area contributed by atoms with Crippen molar-refractivity contribution in [3.05, 3.63) is 30.1 Å². The van der Waals surface area contributed by atoms with Crippen molar-refractivity contribution < 1.29 is 17.9 Å². The molecule has 2 aliphatic rings. The first-order chi connectivity index (χ1) is 11.0. The smallest absolute Gasteiger partial charge is 0.211 e. The fraction of sp³-hybridized carbons (Fsp3) is 0.688. The van der Waals surface area contributed by atoms with Crippen molar-refractivity contribution in [1.82, 2.24) is 9.29 Å². The number of rotatable bonds is 5. The van der Waals surface area contributed by atoms with E-state index in [0.29, 0.717) is 26.3 Å². The summed E-state index contributed by atoms with van der Waals surface area (Å²) < 4.78 is 37.3. The first-order valence-electron chi connectivity index (χ1n) is 8.03. The van der Waals surface area contributed by atoms with Gasteiger partial charge in [-0.3, -0.25) is 4.98 Å². The van der Waals surface area contributed by atoms with Crippen molar-refractivity contribution in [2.24, 2.45) is 5.41 Å². The summed E-state index contributed by atoms with van der Waals surface area (Å²) in [6, 6.07) is 3.85. The van der Waals surface area contributed by atoms with Gasteiger partial charge in [0, 0.05) is 37.5 Å². The molecule has 2 atom stereocenters. The average molecular weight is 340 g/mol. The molecule has 0 aliphatic carbocycles. The number of hydrogen-bond acceptors (Lipinski definition) is 5. The Morgan fingerprint density at radius 2 is 2.22 bits per heavy atom. The first kappa shape index (κ1) is 16.8. The maximum absolute atomic E-state index is 11.9. The van der Waals surface area contributed by atoms with Crippen molar-refractivity contribution in [2.45, 2.75) is 32.0 Å². The van der Waals surface area contributed by atoms with Gasteiger partial charge in [0.05, 0.1) is 25.6 Å². The van der Waals surface area contributed by atoms with Gasteiger partial charge in [-0.15, -0.1) is 0 Å². The molecule has 0 saturated carbocycles. The Balaban J connectivity index is 1.68. The number of sulfonamides is 1. The largest absolute Gasteiger partial charge is 0.377 e. The summed E-state index contributed by atoms with van der Waals surface area (Å²) in [7, 11) is -3.18. The number of hydrogen-bond donors (Lipinski definition) is 0. The second-order valence-corrected chi connectivity index (χ2v) is 8.54. The SMILES string of the molecule is CS(=O)(=O)N1CC[C@@H]2OCCC[C@@]2(COCc2ccncc2)C1. The third kappa shape index (κ3) is 3.91. The molecule has 3 heterocycles. The number of piperidine rings is 1. The lowest BCUT2D eigenvalue weighted by molar-refractivity contribution is -0.144. The molecule has 0 spiro atoms. The fourth-order valence-corrected chi connectivity index (χ4v) is 4.52. The summed E-state index contributed by atoms with van der Waals surface area (Å²) >= 11 is 0. The van der Waals surface area contributed by atoms with E-state index in [1.54, 1.807) is 16.7 Å². The molecule has 0 unspecified atom stereocenters. The number of nitrogens with zero attached hydrogens (tertiary/aromatic N) is 2. The van der Waals surface area contributed by atoms with E-state index in [2.05, 4.69) is 4.98 Å². The maximum Gasteiger partial charge on any atom is 0.211 e. The highest BCUT2D eigenvalue weighted by atomic mass is 32.2. The highest BCUT2D eigenvalue weighted by Crippen LogP contribution is 2.41. The highest BCUT2D eigenvalue weighted by Gasteiger charge is 2.47. The average Bonchev–Trinajstić information content (AvgIpc) is 2.54. The molecular weight excluding hydrogens is 316 g/mol. The van der Waals surface area contributed by atoms with Crippen LogP contribution in [0.4, 0.5) is 0 Å². The third-order valence-corrected chi connectivity index (χ3v) is 6.08. The van der Waals surface area contributed by atoms with Crippen LogP contribution in [0.25, 0.3) is 0 Å². The number of pyridine rings is 1. The normalized spacial score (nSPS) is 29.2. The molecule has 1 aromatic heterocycles. The van der Waals surface area contributed by atoms with E-state index >= 15 is 0 Å². The maximum atomic E-state index is 11.9. The van der Waals surface area contributed by atoms with Gasteiger partial charge in [-0.2, -0.15) is 0 Å². The van der Waals surface area contributed by atoms with Gasteiger partial charge in [0.25, 0.3) is 0 Å². The summed E-state index contributed by atoms with van der Waals surface area (Å²) in [4.78, 5) is 4.00. The molecule has 6 nitrogen and oxygen atoms in total. The molecule has 2 saturated heterocycles. The third-order valence-electron chi connectivity index (χ3n) is 4.83. The molecule has 2 aliphatic heterocycles. The van der Waals surface area contributed by atoms with Crippen LogP contribution in [0.2, 0.25) is 0 Å². The van der Waals surface area contributed by atoms with Crippen LogP contribution in [-0.2, 0) is 26.1 Å². The summed E-state index contributed by atoms with van der Waals surface area (Å²) in [6.07, 6.45) is 7.50. The van der Waals surface area contributed by atoms with Crippen LogP contribution in [-0.4, -0.2) is 56.4 Å². The molecule has 7 heteroatoms. The first-order valence-corrected chi connectivity index (χ1v) is 9.88. The Kier molecular flexibility index (Phi) is 5.01. The molecule has 0 amide bonds. The number of aromatic nitrogens is 1. The van der Waals surface area contributed by atoms with E-state index in [1.807, 2.05) is 12.1 Å². The van der Waals surface area contributed by atoms with Crippen LogP contribution in [0.3, 0.4) is 0 Å². The monoisotopic (exact) mass is 340 g/mol. The number of ether oxygens (including phenoxy) is 2. The van der Waals surface area contributed by atoms with Crippen LogP contribution in [0, 0.1) is 5.41 Å². The minimum Gasteiger partial charge on any atom is -0.377 e. The molecule has 0 aromatic carbocycles. The standard InChI is InChI=1S/C16H24N2O4S/c1-23(19,20)18-9-5-15-16(12-18,6-2-10-22-15)13-21-11-14-3-7-17-8-4-14/h3-4,7-8,15H,2,5-6,9-13H2,1H3/t15-,16-/m0/s1. The minimum absolute atomic E-state index is 0.0895. The van der Waals surface area contributed by atoms with Crippen LogP contribution in [0.15, 0.2) is 24.5 Å². The van der Waals surface area contributed by atoms with E-state index in [4.69, 9.17) is 9.47 Å². The van der Waals surface area contributed by atoms with E-state index in [0.717, 1.165) is 31.4 Å². The van der Waals surface area contributed by atoms with Gasteiger partial charge in [0.1, 0.15) is 0 Å². The Hall–Kier alpha value is -1.02. The lowest BCUT2D eigenvalue weighted by atomic mass is 9.73. The van der Waals surface area contributed by atoms with Crippen LogP contribution < -0.4 is 0 Å². The Morgan fingerprint density at radius 3 is 2.96 bits per heavy atom. The van der Waals surface area contributed by atoms with Crippen LogP contribution in [0.5, 0.6) is 0 Å². The summed E-state index contributed by atoms with van der Waals surface area (Å²) in [5.41, 5.74) is 0.840. The van der Waals surface area contributed by atoms with Gasteiger partial charge in [-0.1, -0.05) is 0 Å². The van der Waals surface area contributed by atoms with Crippen molar-refractivity contribution in [2.75, 3.05) is 32.6 Å². The van der Waals surface area contributed by atoms with Crippen molar-refractivity contribution in [1.29, 1.82) is 0 Å². The lowest BCUT2D eigenvalue weighted by Gasteiger charge is -2.49. The second-order valence-electron chi connectivity index (χ2n) is 6.56. The molecule has 3 rings (SSSR count). The Morgan fingerprint density at radius 1 is 1.43 bits per heavy atom. The molecule has 0 N–H and O–H groups in total. The summed E-state index contributed by atoms with van der Waals surface area (Å²) in [5, 5.41) is 0. The van der Waals surface area contributed by atoms with E-state index in [9.17, 15) is 8.42 Å². The van der Waals surface area contributed by atoms with E-state index in [1.165, 1.54) is 6.26 Å². The van der Waals surface area contributed by atoms with Crippen molar-refractivity contribution in [3.8, 4) is 0 Å². The molecule has 23 heavy (non-hydrogen) atoms. The molecule has 1 aromatic rings. The van der Waals surface area contributed by atoms with Crippen molar-refractivity contribution >= 4 is 10.0 Å². The van der Waals surface area contributed by atoms with Gasteiger partial charge >= 0.3 is 0 Å². The predicted molar refractivity (Wildman–Crippen MR) is 86.3 cm³/mol. The number of fused-ring (bicyclic) bond motifs is 1. The highest BCUT2D eigenvalue weighted by molar-refractivity contribution is 7.88. The molecule has 0 radical (unpaired) electrons. The van der Waals surface area contributed by atoms with Gasteiger partial charge < -0.3 is 9.47 Å². The van der Waals surface area contributed by atoms with Gasteiger partial charge in [-0.05, 0) is 37.0 Å². The Labute approximate surface area is 137 Å². The Bertz CT molecular complexity index is 622. The minimum atomic E-state index is -3.18. The molecule has 2 fully saturated rings. The van der Waals surface area contributed by atoms with Gasteiger partial charge in [-0.25, -0.2) is 12.7 Å². The predicted octanol–water partition coefficient (Wildman–Crippen LogP) is 1.43. The summed E-state index contributed by atoms with van der Waals surface area (Å²) in [6.45, 7) is 2.82. The lowest BCUT2D eigenvalue weighted by Crippen LogP contribution is -2.57. The van der Waals surface area contributed by atoms with Gasteiger partial charge in [0.15, 0.2) is 0 Å². The molecule has 0 bridgehead atoms. The van der Waals surface area contributed by atoms with Crippen LogP contribution >= 0.6 is 0 Å². The summed E-state index contributed by atoms with van der Waals surface area (Å²) in [5.74, 6) is 0.